The Labute approximate surface area is 95.4 Å². The van der Waals surface area contributed by atoms with E-state index in [0.29, 0.717) is 17.3 Å². The lowest BCUT2D eigenvalue weighted by Crippen LogP contribution is -2.21. The Morgan fingerprint density at radius 1 is 1.44 bits per heavy atom. The summed E-state index contributed by atoms with van der Waals surface area (Å²) in [5, 5.41) is 3.32. The molecular formula is C12H17N3O. The third-order valence-corrected chi connectivity index (χ3v) is 2.64. The standard InChI is InChI=1S/C12H17N3O/c1-15(2)12(16)8-3-6-10(13)11(7-8)14-9-4-5-9/h3,6-7,9,14H,4-5,13H2,1-2H3. The highest BCUT2D eigenvalue weighted by atomic mass is 16.2. The molecule has 1 saturated carbocycles. The lowest BCUT2D eigenvalue weighted by molar-refractivity contribution is 0.0827. The minimum Gasteiger partial charge on any atom is -0.397 e. The molecule has 0 spiro atoms. The molecule has 4 heteroatoms. The van der Waals surface area contributed by atoms with Gasteiger partial charge >= 0.3 is 0 Å². The molecule has 1 aromatic rings. The maximum atomic E-state index is 11.8. The van der Waals surface area contributed by atoms with Gasteiger partial charge in [0.15, 0.2) is 0 Å². The molecular weight excluding hydrogens is 202 g/mol. The fraction of sp³-hybridized carbons (Fsp3) is 0.417. The van der Waals surface area contributed by atoms with Crippen LogP contribution in [0.4, 0.5) is 11.4 Å². The molecule has 3 N–H and O–H groups in total. The predicted octanol–water partition coefficient (Wildman–Crippen LogP) is 1.54. The van der Waals surface area contributed by atoms with Crippen molar-refractivity contribution >= 4 is 17.3 Å². The van der Waals surface area contributed by atoms with Crippen LogP contribution in [-0.2, 0) is 0 Å². The number of nitrogens with two attached hydrogens (primary N) is 1. The van der Waals surface area contributed by atoms with E-state index >= 15 is 0 Å². The number of hydrogen-bond acceptors (Lipinski definition) is 3. The first-order chi connectivity index (χ1) is 7.58. The minimum absolute atomic E-state index is 0.00107. The van der Waals surface area contributed by atoms with Crippen molar-refractivity contribution in [3.63, 3.8) is 0 Å². The molecule has 0 aliphatic heterocycles. The summed E-state index contributed by atoms with van der Waals surface area (Å²) < 4.78 is 0. The van der Waals surface area contributed by atoms with Crippen LogP contribution >= 0.6 is 0 Å². The van der Waals surface area contributed by atoms with Crippen molar-refractivity contribution in [2.24, 2.45) is 0 Å². The molecule has 1 fully saturated rings. The van der Waals surface area contributed by atoms with Crippen molar-refractivity contribution in [3.05, 3.63) is 23.8 Å². The summed E-state index contributed by atoms with van der Waals surface area (Å²) in [5.41, 5.74) is 8.09. The van der Waals surface area contributed by atoms with E-state index < -0.39 is 0 Å². The van der Waals surface area contributed by atoms with Crippen LogP contribution in [-0.4, -0.2) is 30.9 Å². The first kappa shape index (κ1) is 10.8. The maximum Gasteiger partial charge on any atom is 0.253 e. The van der Waals surface area contributed by atoms with E-state index in [1.54, 1.807) is 31.1 Å². The second-order valence-corrected chi connectivity index (χ2v) is 4.42. The van der Waals surface area contributed by atoms with Gasteiger partial charge in [-0.1, -0.05) is 0 Å². The van der Waals surface area contributed by atoms with E-state index in [-0.39, 0.29) is 5.91 Å². The van der Waals surface area contributed by atoms with E-state index in [9.17, 15) is 4.79 Å². The highest BCUT2D eigenvalue weighted by molar-refractivity contribution is 5.95. The molecule has 4 nitrogen and oxygen atoms in total. The molecule has 0 radical (unpaired) electrons. The number of rotatable bonds is 3. The summed E-state index contributed by atoms with van der Waals surface area (Å²) in [6, 6.07) is 5.90. The van der Waals surface area contributed by atoms with Crippen LogP contribution in [0.5, 0.6) is 0 Å². The lowest BCUT2D eigenvalue weighted by atomic mass is 10.1. The van der Waals surface area contributed by atoms with Gasteiger partial charge in [0.1, 0.15) is 0 Å². The van der Waals surface area contributed by atoms with E-state index in [1.807, 2.05) is 6.07 Å². The van der Waals surface area contributed by atoms with E-state index in [1.165, 1.54) is 12.8 Å². The molecule has 0 bridgehead atoms. The molecule has 16 heavy (non-hydrogen) atoms. The van der Waals surface area contributed by atoms with Crippen molar-refractivity contribution in [1.82, 2.24) is 4.90 Å². The number of amides is 1. The zero-order valence-electron chi connectivity index (χ0n) is 9.66. The minimum atomic E-state index is -0.00107. The van der Waals surface area contributed by atoms with Crippen LogP contribution in [0, 0.1) is 0 Å². The van der Waals surface area contributed by atoms with Crippen LogP contribution in [0.1, 0.15) is 23.2 Å². The van der Waals surface area contributed by atoms with Crippen molar-refractivity contribution in [2.45, 2.75) is 18.9 Å². The largest absolute Gasteiger partial charge is 0.397 e. The van der Waals surface area contributed by atoms with E-state index in [4.69, 9.17) is 5.73 Å². The number of nitrogens with zero attached hydrogens (tertiary/aromatic N) is 1. The third-order valence-electron chi connectivity index (χ3n) is 2.64. The number of hydrogen-bond donors (Lipinski definition) is 2. The van der Waals surface area contributed by atoms with Crippen LogP contribution in [0.3, 0.4) is 0 Å². The predicted molar refractivity (Wildman–Crippen MR) is 65.5 cm³/mol. The van der Waals surface area contributed by atoms with Gasteiger partial charge in [-0.2, -0.15) is 0 Å². The Kier molecular flexibility index (Phi) is 2.73. The Morgan fingerprint density at radius 3 is 2.69 bits per heavy atom. The molecule has 1 aliphatic carbocycles. The average molecular weight is 219 g/mol. The van der Waals surface area contributed by atoms with Gasteiger partial charge in [0.2, 0.25) is 0 Å². The SMILES string of the molecule is CN(C)C(=O)c1ccc(N)c(NC2CC2)c1. The molecule has 0 aromatic heterocycles. The highest BCUT2D eigenvalue weighted by Crippen LogP contribution is 2.28. The van der Waals surface area contributed by atoms with Gasteiger partial charge in [0.25, 0.3) is 5.91 Å². The number of benzene rings is 1. The lowest BCUT2D eigenvalue weighted by Gasteiger charge is -2.13. The molecule has 0 unspecified atom stereocenters. The number of nitrogen functional groups attached to an aromatic ring is 1. The van der Waals surface area contributed by atoms with Gasteiger partial charge in [0.05, 0.1) is 11.4 Å². The van der Waals surface area contributed by atoms with Crippen LogP contribution in [0.15, 0.2) is 18.2 Å². The van der Waals surface area contributed by atoms with Gasteiger partial charge in [-0.05, 0) is 31.0 Å². The first-order valence-electron chi connectivity index (χ1n) is 5.45. The summed E-state index contributed by atoms with van der Waals surface area (Å²) in [6.45, 7) is 0. The van der Waals surface area contributed by atoms with Crippen LogP contribution in [0.2, 0.25) is 0 Å². The Morgan fingerprint density at radius 2 is 2.12 bits per heavy atom. The molecule has 1 aliphatic rings. The van der Waals surface area contributed by atoms with Crippen molar-refractivity contribution in [2.75, 3.05) is 25.1 Å². The molecule has 0 saturated heterocycles. The monoisotopic (exact) mass is 219 g/mol. The number of carbonyl (C=O) groups excluding carboxylic acids is 1. The second-order valence-electron chi connectivity index (χ2n) is 4.42. The summed E-state index contributed by atoms with van der Waals surface area (Å²) in [6.07, 6.45) is 2.37. The molecule has 0 heterocycles. The smallest absolute Gasteiger partial charge is 0.253 e. The van der Waals surface area contributed by atoms with Crippen molar-refractivity contribution < 1.29 is 4.79 Å². The topological polar surface area (TPSA) is 58.4 Å². The number of nitrogens with one attached hydrogen (secondary N) is 1. The van der Waals surface area contributed by atoms with Gasteiger partial charge in [-0.3, -0.25) is 4.79 Å². The first-order valence-corrected chi connectivity index (χ1v) is 5.45. The summed E-state index contributed by atoms with van der Waals surface area (Å²) >= 11 is 0. The van der Waals surface area contributed by atoms with Gasteiger partial charge in [-0.25, -0.2) is 0 Å². The summed E-state index contributed by atoms with van der Waals surface area (Å²) in [4.78, 5) is 13.3. The maximum absolute atomic E-state index is 11.8. The zero-order valence-corrected chi connectivity index (χ0v) is 9.66. The molecule has 1 aromatic carbocycles. The highest BCUT2D eigenvalue weighted by Gasteiger charge is 2.22. The quantitative estimate of drug-likeness (QED) is 0.758. The van der Waals surface area contributed by atoms with Crippen LogP contribution in [0.25, 0.3) is 0 Å². The fourth-order valence-electron chi connectivity index (χ4n) is 1.52. The van der Waals surface area contributed by atoms with Gasteiger partial charge < -0.3 is 16.0 Å². The third kappa shape index (κ3) is 2.27. The van der Waals surface area contributed by atoms with E-state index in [0.717, 1.165) is 5.69 Å². The second kappa shape index (κ2) is 4.04. The Hall–Kier alpha value is -1.71. The zero-order chi connectivity index (χ0) is 11.7. The number of carbonyl (C=O) groups is 1. The normalized spacial score (nSPS) is 14.6. The van der Waals surface area contributed by atoms with Crippen molar-refractivity contribution in [1.29, 1.82) is 0 Å². The van der Waals surface area contributed by atoms with Crippen LogP contribution < -0.4 is 11.1 Å². The Balaban J connectivity index is 2.23. The average Bonchev–Trinajstić information content (AvgIpc) is 3.04. The van der Waals surface area contributed by atoms with Crippen molar-refractivity contribution in [3.8, 4) is 0 Å². The van der Waals surface area contributed by atoms with E-state index in [2.05, 4.69) is 5.32 Å². The molecule has 1 amide bonds. The summed E-state index contributed by atoms with van der Waals surface area (Å²) in [7, 11) is 3.49. The molecule has 0 atom stereocenters. The Bertz CT molecular complexity index is 411. The van der Waals surface area contributed by atoms with Gasteiger partial charge in [-0.15, -0.1) is 0 Å². The van der Waals surface area contributed by atoms with Gasteiger partial charge in [0, 0.05) is 25.7 Å². The summed E-state index contributed by atoms with van der Waals surface area (Å²) in [5.74, 6) is -0.00107. The fourth-order valence-corrected chi connectivity index (χ4v) is 1.52. The molecule has 86 valence electrons. The number of anilines is 2. The molecule has 2 rings (SSSR count).